The summed E-state index contributed by atoms with van der Waals surface area (Å²) in [5, 5.41) is 9.07. The van der Waals surface area contributed by atoms with E-state index >= 15 is 0 Å². The highest BCUT2D eigenvalue weighted by atomic mass is 32.1. The summed E-state index contributed by atoms with van der Waals surface area (Å²) in [6.07, 6.45) is 1.65. The van der Waals surface area contributed by atoms with Crippen LogP contribution in [0.3, 0.4) is 0 Å². The fourth-order valence-corrected chi connectivity index (χ4v) is 3.05. The number of aliphatic carboxylic acids is 1. The molecule has 3 rings (SSSR count). The molecule has 2 aromatic rings. The highest BCUT2D eigenvalue weighted by Gasteiger charge is 2.23. The minimum Gasteiger partial charge on any atom is -0.481 e. The van der Waals surface area contributed by atoms with Gasteiger partial charge in [-0.05, 0) is 53.0 Å². The molecule has 116 valence electrons. The molecular formula is C19H15FO2S. The summed E-state index contributed by atoms with van der Waals surface area (Å²) in [6.45, 7) is 2.01. The van der Waals surface area contributed by atoms with Crippen molar-refractivity contribution in [3.05, 3.63) is 76.6 Å². The molecule has 0 atom stereocenters. The molecule has 23 heavy (non-hydrogen) atoms. The highest BCUT2D eigenvalue weighted by Crippen LogP contribution is 2.42. The molecule has 0 spiro atoms. The van der Waals surface area contributed by atoms with Crippen molar-refractivity contribution < 1.29 is 14.3 Å². The second-order valence-electron chi connectivity index (χ2n) is 5.56. The van der Waals surface area contributed by atoms with E-state index in [9.17, 15) is 9.18 Å². The molecule has 0 saturated carbocycles. The van der Waals surface area contributed by atoms with E-state index in [0.29, 0.717) is 11.1 Å². The Morgan fingerprint density at radius 3 is 2.48 bits per heavy atom. The number of carbonyl (C=O) groups is 1. The lowest BCUT2D eigenvalue weighted by Gasteiger charge is -2.08. The van der Waals surface area contributed by atoms with E-state index in [-0.39, 0.29) is 12.2 Å². The van der Waals surface area contributed by atoms with Crippen molar-refractivity contribution in [1.82, 2.24) is 0 Å². The number of thiol groups is 1. The highest BCUT2D eigenvalue weighted by molar-refractivity contribution is 7.90. The van der Waals surface area contributed by atoms with Gasteiger partial charge >= 0.3 is 5.97 Å². The van der Waals surface area contributed by atoms with Gasteiger partial charge in [0.05, 0.1) is 6.42 Å². The Hall–Kier alpha value is -2.33. The smallest absolute Gasteiger partial charge is 0.307 e. The summed E-state index contributed by atoms with van der Waals surface area (Å²) < 4.78 is 13.6. The van der Waals surface area contributed by atoms with Crippen LogP contribution < -0.4 is 0 Å². The predicted octanol–water partition coefficient (Wildman–Crippen LogP) is 4.80. The SMILES string of the molecule is Cc1ccc(C(S)=C2C=C(CC(=O)O)c3cc(F)ccc32)cc1. The number of carboxylic acids is 1. The first-order valence-electron chi connectivity index (χ1n) is 7.18. The van der Waals surface area contributed by atoms with Crippen molar-refractivity contribution in [2.24, 2.45) is 0 Å². The number of carboxylic acid groups (broad SMARTS) is 1. The first-order chi connectivity index (χ1) is 11.0. The van der Waals surface area contributed by atoms with Crippen LogP contribution in [0.2, 0.25) is 0 Å². The molecule has 0 aliphatic heterocycles. The first-order valence-corrected chi connectivity index (χ1v) is 7.63. The normalized spacial score (nSPS) is 15.2. The lowest BCUT2D eigenvalue weighted by atomic mass is 10.0. The fraction of sp³-hybridized carbons (Fsp3) is 0.105. The summed E-state index contributed by atoms with van der Waals surface area (Å²) in [7, 11) is 0. The number of rotatable bonds is 3. The quantitative estimate of drug-likeness (QED) is 0.795. The van der Waals surface area contributed by atoms with Crippen LogP contribution in [0.15, 0.2) is 48.5 Å². The summed E-state index contributed by atoms with van der Waals surface area (Å²) in [5.41, 5.74) is 4.95. The number of hydrogen-bond donors (Lipinski definition) is 2. The lowest BCUT2D eigenvalue weighted by Crippen LogP contribution is -1.96. The number of halogens is 1. The fourth-order valence-electron chi connectivity index (χ4n) is 2.72. The molecule has 1 aliphatic rings. The van der Waals surface area contributed by atoms with E-state index in [1.54, 1.807) is 12.1 Å². The summed E-state index contributed by atoms with van der Waals surface area (Å²) in [5.74, 6) is -1.32. The van der Waals surface area contributed by atoms with Crippen molar-refractivity contribution in [2.75, 3.05) is 0 Å². The Kier molecular flexibility index (Phi) is 4.09. The van der Waals surface area contributed by atoms with Gasteiger partial charge in [-0.1, -0.05) is 35.9 Å². The van der Waals surface area contributed by atoms with Crippen LogP contribution >= 0.6 is 12.6 Å². The summed E-state index contributed by atoms with van der Waals surface area (Å²) in [4.78, 5) is 11.8. The zero-order chi connectivity index (χ0) is 16.6. The molecular weight excluding hydrogens is 311 g/mol. The van der Waals surface area contributed by atoms with Crippen LogP contribution in [0, 0.1) is 12.7 Å². The van der Waals surface area contributed by atoms with Crippen molar-refractivity contribution in [3.63, 3.8) is 0 Å². The maximum atomic E-state index is 13.6. The van der Waals surface area contributed by atoms with Crippen molar-refractivity contribution in [2.45, 2.75) is 13.3 Å². The zero-order valence-electron chi connectivity index (χ0n) is 12.5. The monoisotopic (exact) mass is 326 g/mol. The Bertz CT molecular complexity index is 848. The number of aryl methyl sites for hydroxylation is 1. The van der Waals surface area contributed by atoms with Gasteiger partial charge in [-0.15, -0.1) is 12.6 Å². The molecule has 0 fully saturated rings. The third-order valence-corrected chi connectivity index (χ3v) is 4.36. The van der Waals surface area contributed by atoms with E-state index in [1.165, 1.54) is 12.1 Å². The average molecular weight is 326 g/mol. The second-order valence-corrected chi connectivity index (χ2v) is 6.01. The Balaban J connectivity index is 2.16. The van der Waals surface area contributed by atoms with Crippen LogP contribution in [-0.2, 0) is 4.79 Å². The molecule has 0 bridgehead atoms. The molecule has 0 heterocycles. The van der Waals surface area contributed by atoms with Gasteiger partial charge in [0.15, 0.2) is 0 Å². The van der Waals surface area contributed by atoms with E-state index < -0.39 is 5.97 Å². The summed E-state index contributed by atoms with van der Waals surface area (Å²) in [6, 6.07) is 12.4. The van der Waals surface area contributed by atoms with Crippen molar-refractivity contribution in [3.8, 4) is 0 Å². The molecule has 0 amide bonds. The van der Waals surface area contributed by atoms with Crippen LogP contribution in [0.1, 0.15) is 28.7 Å². The summed E-state index contributed by atoms with van der Waals surface area (Å²) >= 11 is 4.62. The van der Waals surface area contributed by atoms with Gasteiger partial charge in [0.2, 0.25) is 0 Å². The molecule has 2 aromatic carbocycles. The lowest BCUT2D eigenvalue weighted by molar-refractivity contribution is -0.135. The number of fused-ring (bicyclic) bond motifs is 1. The number of hydrogen-bond acceptors (Lipinski definition) is 2. The van der Waals surface area contributed by atoms with Crippen LogP contribution in [0.4, 0.5) is 4.39 Å². The van der Waals surface area contributed by atoms with Gasteiger partial charge in [-0.3, -0.25) is 4.79 Å². The Morgan fingerprint density at radius 1 is 1.13 bits per heavy atom. The standard InChI is InChI=1S/C19H15FO2S/c1-11-2-4-12(5-3-11)19(23)17-8-13(9-18(21)22)16-10-14(20)6-7-15(16)17/h2-8,10,23H,9H2,1H3,(H,21,22). The van der Waals surface area contributed by atoms with Crippen LogP contribution in [0.25, 0.3) is 16.1 Å². The van der Waals surface area contributed by atoms with Crippen LogP contribution in [-0.4, -0.2) is 11.1 Å². The van der Waals surface area contributed by atoms with Gasteiger partial charge in [-0.25, -0.2) is 4.39 Å². The molecule has 0 unspecified atom stereocenters. The van der Waals surface area contributed by atoms with Crippen molar-refractivity contribution >= 4 is 34.6 Å². The molecule has 0 aromatic heterocycles. The number of allylic oxidation sites excluding steroid dienone is 2. The topological polar surface area (TPSA) is 37.3 Å². The van der Waals surface area contributed by atoms with Crippen molar-refractivity contribution in [1.29, 1.82) is 0 Å². The molecule has 1 aliphatic carbocycles. The maximum Gasteiger partial charge on any atom is 0.307 e. The zero-order valence-corrected chi connectivity index (χ0v) is 13.4. The van der Waals surface area contributed by atoms with Gasteiger partial charge in [0, 0.05) is 4.91 Å². The van der Waals surface area contributed by atoms with Gasteiger partial charge in [-0.2, -0.15) is 0 Å². The minimum atomic E-state index is -0.941. The molecule has 0 radical (unpaired) electrons. The largest absolute Gasteiger partial charge is 0.481 e. The van der Waals surface area contributed by atoms with E-state index in [2.05, 4.69) is 12.6 Å². The third-order valence-electron chi connectivity index (χ3n) is 3.86. The van der Waals surface area contributed by atoms with Gasteiger partial charge in [0.1, 0.15) is 5.82 Å². The molecule has 4 heteroatoms. The molecule has 2 nitrogen and oxygen atoms in total. The van der Waals surface area contributed by atoms with Gasteiger partial charge < -0.3 is 5.11 Å². The third kappa shape index (κ3) is 3.08. The predicted molar refractivity (Wildman–Crippen MR) is 93.6 cm³/mol. The minimum absolute atomic E-state index is 0.144. The molecule has 1 N–H and O–H groups in total. The molecule has 0 saturated heterocycles. The average Bonchev–Trinajstić information content (AvgIpc) is 2.84. The Labute approximate surface area is 139 Å². The van der Waals surface area contributed by atoms with E-state index in [4.69, 9.17) is 5.11 Å². The maximum absolute atomic E-state index is 13.6. The number of benzene rings is 2. The Morgan fingerprint density at radius 2 is 1.83 bits per heavy atom. The van der Waals surface area contributed by atoms with Crippen LogP contribution in [0.5, 0.6) is 0 Å². The second kappa shape index (κ2) is 6.05. The van der Waals surface area contributed by atoms with Gasteiger partial charge in [0.25, 0.3) is 0 Å². The van der Waals surface area contributed by atoms with E-state index in [1.807, 2.05) is 31.2 Å². The first kappa shape index (κ1) is 15.6. The van der Waals surface area contributed by atoms with E-state index in [0.717, 1.165) is 27.2 Å².